The van der Waals surface area contributed by atoms with Crippen LogP contribution in [-0.2, 0) is 6.42 Å². The molecule has 1 amide bonds. The first-order chi connectivity index (χ1) is 15.6. The average Bonchev–Trinajstić information content (AvgIpc) is 3.22. The Morgan fingerprint density at radius 3 is 2.75 bits per heavy atom. The van der Waals surface area contributed by atoms with E-state index in [-0.39, 0.29) is 5.91 Å². The number of nitrogens with one attached hydrogen (secondary N) is 3. The van der Waals surface area contributed by atoms with Crippen LogP contribution in [0.1, 0.15) is 15.9 Å². The maximum Gasteiger partial charge on any atom is 0.257 e. The van der Waals surface area contributed by atoms with Crippen molar-refractivity contribution in [3.05, 3.63) is 94.6 Å². The van der Waals surface area contributed by atoms with Crippen molar-refractivity contribution in [3.8, 4) is 5.75 Å². The van der Waals surface area contributed by atoms with E-state index in [0.717, 1.165) is 22.1 Å². The maximum absolute atomic E-state index is 12.8. The van der Waals surface area contributed by atoms with Crippen molar-refractivity contribution in [2.45, 2.75) is 6.42 Å². The summed E-state index contributed by atoms with van der Waals surface area (Å²) in [7, 11) is 1.62. The van der Waals surface area contributed by atoms with Crippen molar-refractivity contribution in [2.24, 2.45) is 4.99 Å². The van der Waals surface area contributed by atoms with Crippen LogP contribution in [0.4, 0.5) is 5.69 Å². The number of hydrogen-bond donors (Lipinski definition) is 3. The molecule has 0 spiro atoms. The number of halogens is 1. The smallest absolute Gasteiger partial charge is 0.257 e. The fraction of sp³-hybridized carbons (Fsp3) is 0.120. The lowest BCUT2D eigenvalue weighted by Gasteiger charge is -2.13. The van der Waals surface area contributed by atoms with Crippen LogP contribution < -0.4 is 15.4 Å². The molecule has 1 aromatic heterocycles. The molecule has 0 atom stereocenters. The van der Waals surface area contributed by atoms with E-state index < -0.39 is 0 Å². The molecule has 0 aliphatic heterocycles. The zero-order valence-corrected chi connectivity index (χ0v) is 19.1. The summed E-state index contributed by atoms with van der Waals surface area (Å²) >= 11 is 3.41. The monoisotopic (exact) mass is 490 g/mol. The number of anilines is 1. The van der Waals surface area contributed by atoms with E-state index in [1.807, 2.05) is 54.7 Å². The van der Waals surface area contributed by atoms with Crippen molar-refractivity contribution >= 4 is 44.4 Å². The molecule has 0 fully saturated rings. The Bertz CT molecular complexity index is 1270. The summed E-state index contributed by atoms with van der Waals surface area (Å²) in [6, 6.07) is 22.9. The van der Waals surface area contributed by atoms with Gasteiger partial charge in [0.15, 0.2) is 0 Å². The van der Waals surface area contributed by atoms with E-state index in [4.69, 9.17) is 4.74 Å². The van der Waals surface area contributed by atoms with Crippen LogP contribution >= 0.6 is 15.9 Å². The van der Waals surface area contributed by atoms with E-state index in [0.29, 0.717) is 23.8 Å². The van der Waals surface area contributed by atoms with Gasteiger partial charge in [0.1, 0.15) is 5.75 Å². The average molecular weight is 491 g/mol. The van der Waals surface area contributed by atoms with Gasteiger partial charge >= 0.3 is 0 Å². The second kappa shape index (κ2) is 10.2. The predicted molar refractivity (Wildman–Crippen MR) is 133 cm³/mol. The third kappa shape index (κ3) is 5.36. The number of guanidine groups is 1. The van der Waals surface area contributed by atoms with E-state index in [2.05, 4.69) is 48.7 Å². The van der Waals surface area contributed by atoms with Crippen LogP contribution in [0.2, 0.25) is 0 Å². The van der Waals surface area contributed by atoms with Crippen LogP contribution in [0.15, 0.2) is 88.5 Å². The van der Waals surface area contributed by atoms with E-state index in [1.165, 1.54) is 10.9 Å². The number of aromatic nitrogens is 1. The third-order valence-corrected chi connectivity index (χ3v) is 5.47. The highest BCUT2D eigenvalue weighted by Crippen LogP contribution is 2.19. The molecule has 6 nitrogen and oxygen atoms in total. The Labute approximate surface area is 194 Å². The minimum atomic E-state index is -0.243. The number of aliphatic imine (C=N–C) groups is 1. The van der Waals surface area contributed by atoms with Crippen molar-refractivity contribution in [1.82, 2.24) is 10.3 Å². The molecule has 7 heteroatoms. The van der Waals surface area contributed by atoms with Crippen LogP contribution in [0.3, 0.4) is 0 Å². The Morgan fingerprint density at radius 2 is 1.91 bits per heavy atom. The van der Waals surface area contributed by atoms with Crippen LogP contribution in [-0.4, -0.2) is 30.5 Å². The first-order valence-corrected chi connectivity index (χ1v) is 11.0. The normalized spacial score (nSPS) is 11.4. The summed E-state index contributed by atoms with van der Waals surface area (Å²) in [6.07, 6.45) is 2.75. The fourth-order valence-corrected chi connectivity index (χ4v) is 3.78. The minimum Gasteiger partial charge on any atom is -0.497 e. The number of H-pyrrole nitrogens is 1. The molecule has 0 radical (unpaired) electrons. The summed E-state index contributed by atoms with van der Waals surface area (Å²) in [5.74, 6) is 0.849. The largest absolute Gasteiger partial charge is 0.497 e. The van der Waals surface area contributed by atoms with Gasteiger partial charge in [-0.05, 0) is 48.4 Å². The van der Waals surface area contributed by atoms with E-state index in [1.54, 1.807) is 19.2 Å². The number of nitrogens with zero attached hydrogens (tertiary/aromatic N) is 1. The van der Waals surface area contributed by atoms with Gasteiger partial charge in [0.2, 0.25) is 5.96 Å². The molecule has 0 saturated heterocycles. The number of hydrogen-bond acceptors (Lipinski definition) is 3. The van der Waals surface area contributed by atoms with Gasteiger partial charge in [0.25, 0.3) is 5.91 Å². The molecule has 162 valence electrons. The zero-order chi connectivity index (χ0) is 22.3. The Balaban J connectivity index is 1.53. The number of amides is 1. The summed E-state index contributed by atoms with van der Waals surface area (Å²) in [4.78, 5) is 20.7. The van der Waals surface area contributed by atoms with E-state index >= 15 is 0 Å². The van der Waals surface area contributed by atoms with Gasteiger partial charge in [0, 0.05) is 45.4 Å². The lowest BCUT2D eigenvalue weighted by atomic mass is 10.1. The molecular weight excluding hydrogens is 468 g/mol. The second-order valence-corrected chi connectivity index (χ2v) is 8.08. The summed E-state index contributed by atoms with van der Waals surface area (Å²) < 4.78 is 6.13. The number of methoxy groups -OCH3 is 1. The van der Waals surface area contributed by atoms with Crippen molar-refractivity contribution in [3.63, 3.8) is 0 Å². The highest BCUT2D eigenvalue weighted by molar-refractivity contribution is 9.10. The Morgan fingerprint density at radius 1 is 1.06 bits per heavy atom. The molecular formula is C25H23BrN4O2. The molecule has 0 aliphatic rings. The quantitative estimate of drug-likeness (QED) is 0.250. The lowest BCUT2D eigenvalue weighted by molar-refractivity contribution is 0.0977. The van der Waals surface area contributed by atoms with Crippen LogP contribution in [0.5, 0.6) is 5.75 Å². The molecule has 0 bridgehead atoms. The summed E-state index contributed by atoms with van der Waals surface area (Å²) in [5.41, 5.74) is 3.59. The first kappa shape index (κ1) is 21.6. The molecule has 1 heterocycles. The topological polar surface area (TPSA) is 78.5 Å². The van der Waals surface area contributed by atoms with Gasteiger partial charge in [-0.25, -0.2) is 0 Å². The number of aromatic amines is 1. The van der Waals surface area contributed by atoms with Gasteiger partial charge in [-0.1, -0.05) is 46.3 Å². The molecule has 4 rings (SSSR count). The van der Waals surface area contributed by atoms with Crippen molar-refractivity contribution in [2.75, 3.05) is 19.0 Å². The fourth-order valence-electron chi connectivity index (χ4n) is 3.38. The molecule has 0 aliphatic carbocycles. The Kier molecular flexibility index (Phi) is 6.87. The number of fused-ring (bicyclic) bond motifs is 1. The summed E-state index contributed by atoms with van der Waals surface area (Å²) in [6.45, 7) is 0.507. The van der Waals surface area contributed by atoms with E-state index in [9.17, 15) is 4.79 Å². The SMILES string of the molecule is COc1cccc(NC(=NCCc2c[nH]c3ccccc23)NC(=O)c2cccc(Br)c2)c1. The highest BCUT2D eigenvalue weighted by atomic mass is 79.9. The molecule has 4 aromatic rings. The zero-order valence-electron chi connectivity index (χ0n) is 17.6. The number of carbonyl (C=O) groups excluding carboxylic acids is 1. The van der Waals surface area contributed by atoms with Gasteiger partial charge in [-0.15, -0.1) is 0 Å². The standard InChI is InChI=1S/C25H23BrN4O2/c1-32-21-9-5-8-20(15-21)29-25(30-24(31)17-6-4-7-19(26)14-17)27-13-12-18-16-28-23-11-3-2-10-22(18)23/h2-11,14-16,28H,12-13H2,1H3,(H2,27,29,30,31). The predicted octanol–water partition coefficient (Wildman–Crippen LogP) is 5.38. The number of rotatable bonds is 6. The molecule has 0 unspecified atom stereocenters. The van der Waals surface area contributed by atoms with Gasteiger partial charge in [-0.3, -0.25) is 15.1 Å². The van der Waals surface area contributed by atoms with Crippen molar-refractivity contribution in [1.29, 1.82) is 0 Å². The Hall–Kier alpha value is -3.58. The second-order valence-electron chi connectivity index (χ2n) is 7.16. The molecule has 32 heavy (non-hydrogen) atoms. The van der Waals surface area contributed by atoms with Gasteiger partial charge < -0.3 is 15.0 Å². The highest BCUT2D eigenvalue weighted by Gasteiger charge is 2.11. The van der Waals surface area contributed by atoms with Crippen molar-refractivity contribution < 1.29 is 9.53 Å². The minimum absolute atomic E-state index is 0.243. The lowest BCUT2D eigenvalue weighted by Crippen LogP contribution is -2.36. The number of ether oxygens (including phenoxy) is 1. The van der Waals surface area contributed by atoms with Crippen LogP contribution in [0, 0.1) is 0 Å². The number of benzene rings is 3. The summed E-state index contributed by atoms with van der Waals surface area (Å²) in [5, 5.41) is 7.28. The third-order valence-electron chi connectivity index (χ3n) is 4.98. The number of para-hydroxylation sites is 1. The maximum atomic E-state index is 12.8. The number of carbonyl (C=O) groups is 1. The van der Waals surface area contributed by atoms with Crippen LogP contribution in [0.25, 0.3) is 10.9 Å². The first-order valence-electron chi connectivity index (χ1n) is 10.2. The molecule has 3 N–H and O–H groups in total. The molecule has 3 aromatic carbocycles. The molecule has 0 saturated carbocycles. The van der Waals surface area contributed by atoms with Gasteiger partial charge in [0.05, 0.1) is 7.11 Å². The van der Waals surface area contributed by atoms with Gasteiger partial charge in [-0.2, -0.15) is 0 Å².